The molecular formula is C26H33N3O3. The highest BCUT2D eigenvalue weighted by Crippen LogP contribution is 2.23. The van der Waals surface area contributed by atoms with Gasteiger partial charge in [0.2, 0.25) is 11.8 Å². The van der Waals surface area contributed by atoms with Crippen molar-refractivity contribution in [3.63, 3.8) is 0 Å². The van der Waals surface area contributed by atoms with E-state index in [-0.39, 0.29) is 23.8 Å². The summed E-state index contributed by atoms with van der Waals surface area (Å²) in [7, 11) is 0. The Morgan fingerprint density at radius 3 is 2.50 bits per heavy atom. The van der Waals surface area contributed by atoms with E-state index in [4.69, 9.17) is 4.74 Å². The Labute approximate surface area is 190 Å². The summed E-state index contributed by atoms with van der Waals surface area (Å²) in [6, 6.07) is 14.0. The van der Waals surface area contributed by atoms with Crippen LogP contribution in [0.15, 0.2) is 54.9 Å². The first-order valence-corrected chi connectivity index (χ1v) is 11.8. The molecule has 0 spiro atoms. The van der Waals surface area contributed by atoms with Crippen LogP contribution in [0.1, 0.15) is 43.2 Å². The molecule has 2 fully saturated rings. The second-order valence-electron chi connectivity index (χ2n) is 8.86. The van der Waals surface area contributed by atoms with Gasteiger partial charge in [-0.1, -0.05) is 36.4 Å². The van der Waals surface area contributed by atoms with E-state index in [0.717, 1.165) is 44.3 Å². The highest BCUT2D eigenvalue weighted by atomic mass is 16.5. The first kappa shape index (κ1) is 22.5. The zero-order valence-electron chi connectivity index (χ0n) is 18.7. The maximum absolute atomic E-state index is 13.4. The number of amides is 2. The largest absolute Gasteiger partial charge is 0.376 e. The van der Waals surface area contributed by atoms with Crippen molar-refractivity contribution in [3.05, 3.63) is 66.0 Å². The third kappa shape index (κ3) is 6.16. The lowest BCUT2D eigenvalue weighted by Gasteiger charge is -2.35. The van der Waals surface area contributed by atoms with Crippen molar-refractivity contribution < 1.29 is 14.3 Å². The number of nitrogens with zero attached hydrogens (tertiary/aromatic N) is 3. The molecule has 32 heavy (non-hydrogen) atoms. The molecule has 2 amide bonds. The molecule has 0 N–H and O–H groups in total. The molecular weight excluding hydrogens is 402 g/mol. The van der Waals surface area contributed by atoms with E-state index in [9.17, 15) is 9.59 Å². The molecule has 0 aliphatic carbocycles. The molecule has 0 saturated carbocycles. The molecule has 2 aliphatic heterocycles. The maximum atomic E-state index is 13.4. The Morgan fingerprint density at radius 2 is 1.81 bits per heavy atom. The van der Waals surface area contributed by atoms with Crippen LogP contribution in [0.4, 0.5) is 0 Å². The number of rotatable bonds is 8. The molecule has 2 aromatic rings. The Kier molecular flexibility index (Phi) is 7.88. The average molecular weight is 436 g/mol. The van der Waals surface area contributed by atoms with E-state index in [1.165, 1.54) is 5.56 Å². The second kappa shape index (κ2) is 11.2. The highest BCUT2D eigenvalue weighted by molar-refractivity contribution is 5.80. The molecule has 6 heteroatoms. The first-order valence-electron chi connectivity index (χ1n) is 11.8. The molecule has 2 aliphatic rings. The number of piperidine rings is 1. The number of hydrogen-bond donors (Lipinski definition) is 0. The molecule has 2 saturated heterocycles. The lowest BCUT2D eigenvalue weighted by atomic mass is 9.94. The van der Waals surface area contributed by atoms with Gasteiger partial charge in [-0.15, -0.1) is 0 Å². The third-order valence-corrected chi connectivity index (χ3v) is 6.52. The van der Waals surface area contributed by atoms with Gasteiger partial charge in [-0.2, -0.15) is 0 Å². The Morgan fingerprint density at radius 1 is 1.03 bits per heavy atom. The van der Waals surface area contributed by atoms with Gasteiger partial charge in [-0.05, 0) is 49.3 Å². The van der Waals surface area contributed by atoms with Gasteiger partial charge in [0.25, 0.3) is 0 Å². The molecule has 1 aromatic heterocycles. The number of carbonyl (C=O) groups excluding carboxylic acids is 2. The second-order valence-corrected chi connectivity index (χ2v) is 8.86. The van der Waals surface area contributed by atoms with Crippen LogP contribution in [0.2, 0.25) is 0 Å². The van der Waals surface area contributed by atoms with Crippen molar-refractivity contribution >= 4 is 11.8 Å². The summed E-state index contributed by atoms with van der Waals surface area (Å²) in [5, 5.41) is 0. The van der Waals surface area contributed by atoms with Crippen LogP contribution in [0, 0.1) is 5.92 Å². The lowest BCUT2D eigenvalue weighted by molar-refractivity contribution is -0.142. The summed E-state index contributed by atoms with van der Waals surface area (Å²) in [5.74, 6) is 0.332. The van der Waals surface area contributed by atoms with Crippen LogP contribution in [0.5, 0.6) is 0 Å². The SMILES string of the molecule is O=C(CCc1ccccc1)N1CCC(C(=O)N(Cc2cccnc2)CC2CCCO2)CC1. The fourth-order valence-electron chi connectivity index (χ4n) is 4.67. The van der Waals surface area contributed by atoms with E-state index < -0.39 is 0 Å². The van der Waals surface area contributed by atoms with Gasteiger partial charge >= 0.3 is 0 Å². The molecule has 0 radical (unpaired) electrons. The van der Waals surface area contributed by atoms with Gasteiger partial charge in [0.15, 0.2) is 0 Å². The number of benzene rings is 1. The molecule has 0 bridgehead atoms. The van der Waals surface area contributed by atoms with Gasteiger partial charge in [0.05, 0.1) is 6.10 Å². The number of pyridine rings is 1. The zero-order chi connectivity index (χ0) is 22.2. The summed E-state index contributed by atoms with van der Waals surface area (Å²) in [5.41, 5.74) is 2.22. The summed E-state index contributed by atoms with van der Waals surface area (Å²) in [4.78, 5) is 34.2. The van der Waals surface area contributed by atoms with Crippen molar-refractivity contribution in [1.82, 2.24) is 14.8 Å². The van der Waals surface area contributed by atoms with Crippen LogP contribution >= 0.6 is 0 Å². The number of aryl methyl sites for hydroxylation is 1. The van der Waals surface area contributed by atoms with Gasteiger partial charge in [0.1, 0.15) is 0 Å². The van der Waals surface area contributed by atoms with Gasteiger partial charge < -0.3 is 14.5 Å². The summed E-state index contributed by atoms with van der Waals surface area (Å²) in [6.45, 7) is 3.28. The topological polar surface area (TPSA) is 62.7 Å². The monoisotopic (exact) mass is 435 g/mol. The van der Waals surface area contributed by atoms with Crippen LogP contribution in [0.25, 0.3) is 0 Å². The van der Waals surface area contributed by atoms with E-state index in [1.54, 1.807) is 6.20 Å². The average Bonchev–Trinajstić information content (AvgIpc) is 3.36. The van der Waals surface area contributed by atoms with E-state index in [1.807, 2.05) is 46.3 Å². The molecule has 1 aromatic carbocycles. The molecule has 6 nitrogen and oxygen atoms in total. The van der Waals surface area contributed by atoms with Crippen molar-refractivity contribution in [2.45, 2.75) is 51.2 Å². The molecule has 170 valence electrons. The molecule has 1 unspecified atom stereocenters. The van der Waals surface area contributed by atoms with Crippen LogP contribution in [-0.2, 0) is 27.3 Å². The van der Waals surface area contributed by atoms with E-state index >= 15 is 0 Å². The minimum atomic E-state index is -0.0359. The fraction of sp³-hybridized carbons (Fsp3) is 0.500. The minimum absolute atomic E-state index is 0.0359. The zero-order valence-corrected chi connectivity index (χ0v) is 18.7. The van der Waals surface area contributed by atoms with Gasteiger partial charge in [0, 0.05) is 57.5 Å². The van der Waals surface area contributed by atoms with E-state index in [2.05, 4.69) is 17.1 Å². The Balaban J connectivity index is 1.30. The third-order valence-electron chi connectivity index (χ3n) is 6.52. The van der Waals surface area contributed by atoms with Crippen molar-refractivity contribution in [1.29, 1.82) is 0 Å². The van der Waals surface area contributed by atoms with Gasteiger partial charge in [-0.3, -0.25) is 14.6 Å². The maximum Gasteiger partial charge on any atom is 0.226 e. The van der Waals surface area contributed by atoms with Crippen LogP contribution < -0.4 is 0 Å². The normalized spacial score (nSPS) is 19.1. The molecule has 1 atom stereocenters. The summed E-state index contributed by atoms with van der Waals surface area (Å²) in [6.07, 6.45) is 8.50. The minimum Gasteiger partial charge on any atom is -0.376 e. The van der Waals surface area contributed by atoms with Crippen LogP contribution in [-0.4, -0.2) is 58.9 Å². The Hall–Kier alpha value is -2.73. The Bertz CT molecular complexity index is 860. The predicted octanol–water partition coefficient (Wildman–Crippen LogP) is 3.46. The standard InChI is InChI=1S/C26H33N3O3/c30-25(11-10-21-6-2-1-3-7-21)28-15-12-23(13-16-28)26(31)29(20-24-9-5-17-32-24)19-22-8-4-14-27-18-22/h1-4,6-8,14,18,23-24H,5,9-13,15-17,19-20H2. The number of carbonyl (C=O) groups is 2. The van der Waals surface area contributed by atoms with Gasteiger partial charge in [-0.25, -0.2) is 0 Å². The van der Waals surface area contributed by atoms with Crippen LogP contribution in [0.3, 0.4) is 0 Å². The van der Waals surface area contributed by atoms with Crippen molar-refractivity contribution in [3.8, 4) is 0 Å². The smallest absolute Gasteiger partial charge is 0.226 e. The number of ether oxygens (including phenoxy) is 1. The highest BCUT2D eigenvalue weighted by Gasteiger charge is 2.32. The fourth-order valence-corrected chi connectivity index (χ4v) is 4.67. The quantitative estimate of drug-likeness (QED) is 0.637. The summed E-state index contributed by atoms with van der Waals surface area (Å²) < 4.78 is 5.81. The number of aromatic nitrogens is 1. The number of hydrogen-bond acceptors (Lipinski definition) is 4. The predicted molar refractivity (Wildman–Crippen MR) is 123 cm³/mol. The number of likely N-dealkylation sites (tertiary alicyclic amines) is 1. The van der Waals surface area contributed by atoms with E-state index in [0.29, 0.717) is 32.6 Å². The molecule has 3 heterocycles. The van der Waals surface area contributed by atoms with Crippen molar-refractivity contribution in [2.24, 2.45) is 5.92 Å². The molecule has 4 rings (SSSR count). The lowest BCUT2D eigenvalue weighted by Crippen LogP contribution is -2.46. The first-order chi connectivity index (χ1) is 15.7. The summed E-state index contributed by atoms with van der Waals surface area (Å²) >= 11 is 0. The van der Waals surface area contributed by atoms with Crippen molar-refractivity contribution in [2.75, 3.05) is 26.2 Å².